The molecule has 26 heavy (non-hydrogen) atoms. The van der Waals surface area contributed by atoms with Crippen LogP contribution >= 0.6 is 0 Å². The Morgan fingerprint density at radius 2 is 1.85 bits per heavy atom. The van der Waals surface area contributed by atoms with E-state index in [1.807, 2.05) is 18.2 Å². The Hall–Kier alpha value is -1.65. The molecule has 0 N–H and O–H groups in total. The summed E-state index contributed by atoms with van der Waals surface area (Å²) in [4.78, 5) is 4.80. The molecule has 0 bridgehead atoms. The molecule has 2 aromatic rings. The maximum atomic E-state index is 6.11. The van der Waals surface area contributed by atoms with Gasteiger partial charge >= 0.3 is 0 Å². The Bertz CT molecular complexity index is 697. The number of hydrogen-bond acceptors (Lipinski definition) is 4. The molecule has 1 aliphatic rings. The second-order valence-electron chi connectivity index (χ2n) is 7.06. The number of nitrogens with zero attached hydrogens (tertiary/aromatic N) is 1. The third-order valence-electron chi connectivity index (χ3n) is 4.72. The minimum Gasteiger partial charge on any atom is -0.493 e. The third-order valence-corrected chi connectivity index (χ3v) is 4.72. The van der Waals surface area contributed by atoms with E-state index in [1.165, 1.54) is 12.8 Å². The number of aromatic nitrogens is 1. The van der Waals surface area contributed by atoms with Crippen LogP contribution in [0.1, 0.15) is 56.7 Å². The molecule has 1 aromatic heterocycles. The van der Waals surface area contributed by atoms with Gasteiger partial charge in [-0.25, -0.2) is 4.98 Å². The molecule has 0 saturated heterocycles. The van der Waals surface area contributed by atoms with Crippen molar-refractivity contribution >= 4 is 10.9 Å². The number of rotatable bonds is 12. The van der Waals surface area contributed by atoms with Crippen molar-refractivity contribution < 1.29 is 14.2 Å². The van der Waals surface area contributed by atoms with E-state index in [0.29, 0.717) is 12.7 Å². The largest absolute Gasteiger partial charge is 0.493 e. The quantitative estimate of drug-likeness (QED) is 0.490. The van der Waals surface area contributed by atoms with Gasteiger partial charge in [0.1, 0.15) is 5.75 Å². The van der Waals surface area contributed by atoms with Crippen LogP contribution in [-0.2, 0) is 16.1 Å². The van der Waals surface area contributed by atoms with Crippen molar-refractivity contribution in [1.82, 2.24) is 4.98 Å². The number of pyridine rings is 1. The first-order chi connectivity index (χ1) is 12.8. The molecule has 0 radical (unpaired) electrons. The topological polar surface area (TPSA) is 40.6 Å². The van der Waals surface area contributed by atoms with E-state index in [4.69, 9.17) is 19.2 Å². The van der Waals surface area contributed by atoms with Crippen LogP contribution in [0.15, 0.2) is 24.3 Å². The Balaban J connectivity index is 1.56. The van der Waals surface area contributed by atoms with E-state index >= 15 is 0 Å². The number of hydrogen-bond donors (Lipinski definition) is 0. The maximum absolute atomic E-state index is 6.11. The van der Waals surface area contributed by atoms with E-state index in [0.717, 1.165) is 73.4 Å². The maximum Gasteiger partial charge on any atom is 0.133 e. The highest BCUT2D eigenvalue weighted by Crippen LogP contribution is 2.31. The van der Waals surface area contributed by atoms with E-state index in [9.17, 15) is 0 Å². The molecule has 0 atom stereocenters. The minimum absolute atomic E-state index is 0.532. The first-order valence-electron chi connectivity index (χ1n) is 10.00. The SMILES string of the molecule is CCCCOc1c(C)c(COCCCCOC2CC2)nc2ccccc12. The van der Waals surface area contributed by atoms with Crippen LogP contribution in [-0.4, -0.2) is 30.9 Å². The Kier molecular flexibility index (Phi) is 7.27. The lowest BCUT2D eigenvalue weighted by Crippen LogP contribution is -2.06. The second-order valence-corrected chi connectivity index (χ2v) is 7.06. The molecule has 1 saturated carbocycles. The fourth-order valence-electron chi connectivity index (χ4n) is 2.93. The van der Waals surface area contributed by atoms with Crippen molar-refractivity contribution in [1.29, 1.82) is 0 Å². The van der Waals surface area contributed by atoms with Crippen LogP contribution in [0.4, 0.5) is 0 Å². The predicted molar refractivity (Wildman–Crippen MR) is 105 cm³/mol. The van der Waals surface area contributed by atoms with Crippen LogP contribution in [0.5, 0.6) is 5.75 Å². The zero-order valence-electron chi connectivity index (χ0n) is 16.1. The summed E-state index contributed by atoms with van der Waals surface area (Å²) in [5.41, 5.74) is 3.04. The molecular formula is C22H31NO3. The number of ether oxygens (including phenoxy) is 3. The molecule has 0 unspecified atom stereocenters. The molecule has 4 heteroatoms. The van der Waals surface area contributed by atoms with Gasteiger partial charge in [0.15, 0.2) is 0 Å². The number of benzene rings is 1. The van der Waals surface area contributed by atoms with Gasteiger partial charge in [-0.15, -0.1) is 0 Å². The van der Waals surface area contributed by atoms with Gasteiger partial charge < -0.3 is 14.2 Å². The Morgan fingerprint density at radius 3 is 2.65 bits per heavy atom. The van der Waals surface area contributed by atoms with E-state index in [-0.39, 0.29) is 0 Å². The summed E-state index contributed by atoms with van der Waals surface area (Å²) in [6.07, 6.45) is 7.31. The van der Waals surface area contributed by atoms with Gasteiger partial charge in [-0.3, -0.25) is 0 Å². The van der Waals surface area contributed by atoms with E-state index in [1.54, 1.807) is 0 Å². The zero-order valence-corrected chi connectivity index (χ0v) is 16.1. The molecule has 0 spiro atoms. The van der Waals surface area contributed by atoms with Crippen molar-refractivity contribution in [2.24, 2.45) is 0 Å². The lowest BCUT2D eigenvalue weighted by molar-refractivity contribution is 0.0880. The predicted octanol–water partition coefficient (Wildman–Crippen LogP) is 5.20. The van der Waals surface area contributed by atoms with Crippen LogP contribution in [0.3, 0.4) is 0 Å². The summed E-state index contributed by atoms with van der Waals surface area (Å²) >= 11 is 0. The summed E-state index contributed by atoms with van der Waals surface area (Å²) < 4.78 is 17.6. The second kappa shape index (κ2) is 9.89. The third kappa shape index (κ3) is 5.42. The lowest BCUT2D eigenvalue weighted by Gasteiger charge is -2.15. The van der Waals surface area contributed by atoms with Gasteiger partial charge in [0.2, 0.25) is 0 Å². The number of fused-ring (bicyclic) bond motifs is 1. The molecule has 4 nitrogen and oxygen atoms in total. The number of unbranched alkanes of at least 4 members (excludes halogenated alkanes) is 2. The van der Waals surface area contributed by atoms with Crippen molar-refractivity contribution in [3.63, 3.8) is 0 Å². The molecule has 1 heterocycles. The zero-order chi connectivity index (χ0) is 18.2. The summed E-state index contributed by atoms with van der Waals surface area (Å²) in [5, 5.41) is 1.09. The average molecular weight is 357 g/mol. The molecule has 0 aliphatic heterocycles. The van der Waals surface area contributed by atoms with Crippen molar-refractivity contribution in [3.05, 3.63) is 35.5 Å². The van der Waals surface area contributed by atoms with Crippen molar-refractivity contribution in [3.8, 4) is 5.75 Å². The Morgan fingerprint density at radius 1 is 1.04 bits per heavy atom. The van der Waals surface area contributed by atoms with Crippen LogP contribution < -0.4 is 4.74 Å². The van der Waals surface area contributed by atoms with Crippen LogP contribution in [0, 0.1) is 6.92 Å². The molecule has 0 amide bonds. The highest BCUT2D eigenvalue weighted by atomic mass is 16.5. The minimum atomic E-state index is 0.532. The van der Waals surface area contributed by atoms with Crippen LogP contribution in [0.25, 0.3) is 10.9 Å². The van der Waals surface area contributed by atoms with E-state index in [2.05, 4.69) is 19.9 Å². The van der Waals surface area contributed by atoms with Crippen molar-refractivity contribution in [2.45, 2.75) is 65.1 Å². The average Bonchev–Trinajstić information content (AvgIpc) is 3.48. The number of para-hydroxylation sites is 1. The Labute approximate surface area is 156 Å². The fraction of sp³-hybridized carbons (Fsp3) is 0.591. The van der Waals surface area contributed by atoms with Gasteiger partial charge in [0.25, 0.3) is 0 Å². The van der Waals surface area contributed by atoms with Crippen LogP contribution in [0.2, 0.25) is 0 Å². The highest BCUT2D eigenvalue weighted by molar-refractivity contribution is 5.86. The molecule has 1 aromatic carbocycles. The summed E-state index contributed by atoms with van der Waals surface area (Å²) in [7, 11) is 0. The van der Waals surface area contributed by atoms with Gasteiger partial charge in [-0.2, -0.15) is 0 Å². The first kappa shape index (κ1) is 19.1. The summed E-state index contributed by atoms with van der Waals surface area (Å²) in [6.45, 7) is 7.14. The normalized spacial score (nSPS) is 14.1. The standard InChI is InChI=1S/C22H31NO3/c1-3-4-14-26-22-17(2)21(23-20-10-6-5-9-19(20)22)16-24-13-7-8-15-25-18-11-12-18/h5-6,9-10,18H,3-4,7-8,11-16H2,1-2H3. The molecule has 3 rings (SSSR count). The van der Waals surface area contributed by atoms with Crippen molar-refractivity contribution in [2.75, 3.05) is 19.8 Å². The highest BCUT2D eigenvalue weighted by Gasteiger charge is 2.21. The van der Waals surface area contributed by atoms with Gasteiger partial charge in [0, 0.05) is 24.2 Å². The van der Waals surface area contributed by atoms with Gasteiger partial charge in [-0.1, -0.05) is 25.5 Å². The van der Waals surface area contributed by atoms with E-state index < -0.39 is 0 Å². The van der Waals surface area contributed by atoms with Gasteiger partial charge in [-0.05, 0) is 51.2 Å². The summed E-state index contributed by atoms with van der Waals surface area (Å²) in [6, 6.07) is 8.18. The van der Waals surface area contributed by atoms with Gasteiger partial charge in [0.05, 0.1) is 30.5 Å². The molecular weight excluding hydrogens is 326 g/mol. The monoisotopic (exact) mass is 357 g/mol. The summed E-state index contributed by atoms with van der Waals surface area (Å²) in [5.74, 6) is 0.959. The first-order valence-corrected chi connectivity index (χ1v) is 10.00. The lowest BCUT2D eigenvalue weighted by atomic mass is 10.1. The molecule has 142 valence electrons. The molecule has 1 fully saturated rings. The smallest absolute Gasteiger partial charge is 0.133 e. The fourth-order valence-corrected chi connectivity index (χ4v) is 2.93. The molecule has 1 aliphatic carbocycles.